The van der Waals surface area contributed by atoms with E-state index in [1.165, 1.54) is 11.3 Å². The first-order valence-corrected chi connectivity index (χ1v) is 9.48. The summed E-state index contributed by atoms with van der Waals surface area (Å²) in [7, 11) is 0. The molecule has 5 nitrogen and oxygen atoms in total. The van der Waals surface area contributed by atoms with Crippen molar-refractivity contribution in [2.45, 2.75) is 44.6 Å². The van der Waals surface area contributed by atoms with Crippen molar-refractivity contribution in [1.82, 2.24) is 10.2 Å². The maximum Gasteiger partial charge on any atom is 0.240 e. The molecule has 0 unspecified atom stereocenters. The predicted octanol–water partition coefficient (Wildman–Crippen LogP) is 1.49. The molecule has 1 heterocycles. The van der Waals surface area contributed by atoms with Gasteiger partial charge in [-0.1, -0.05) is 31.4 Å². The van der Waals surface area contributed by atoms with Gasteiger partial charge in [0, 0.05) is 6.04 Å². The van der Waals surface area contributed by atoms with Gasteiger partial charge in [-0.15, -0.1) is 0 Å². The third kappa shape index (κ3) is 2.02. The third-order valence-electron chi connectivity index (χ3n) is 7.03. The van der Waals surface area contributed by atoms with E-state index in [9.17, 15) is 14.4 Å². The first-order valence-electron chi connectivity index (χ1n) is 9.48. The van der Waals surface area contributed by atoms with E-state index in [0.717, 1.165) is 32.1 Å². The van der Waals surface area contributed by atoms with Crippen molar-refractivity contribution < 1.29 is 14.4 Å². The molecule has 6 rings (SSSR count). The van der Waals surface area contributed by atoms with E-state index in [-0.39, 0.29) is 54.0 Å². The standard InChI is InChI=1S/C19H24N2O3/c22-15(20-10-4-2-1-3-5-10)9-21-18(23)16-11-6-7-12(14-8-13(11)14)17(16)19(21)24/h6-7,10-14,16-17H,1-5,8-9H2,(H,20,22)/t11-,12-,13-,14+,16+,17+/m0/s1. The number of carbonyl (C=O) groups is 3. The van der Waals surface area contributed by atoms with Gasteiger partial charge in [-0.05, 0) is 42.9 Å². The molecule has 2 bridgehead atoms. The molecule has 0 aromatic rings. The lowest BCUT2D eigenvalue weighted by Crippen LogP contribution is -2.45. The smallest absolute Gasteiger partial charge is 0.240 e. The molecule has 0 aromatic carbocycles. The number of allylic oxidation sites excluding steroid dienone is 2. The fraction of sp³-hybridized carbons (Fsp3) is 0.737. The second kappa shape index (κ2) is 5.17. The predicted molar refractivity (Wildman–Crippen MR) is 86.4 cm³/mol. The number of likely N-dealkylation sites (tertiary alicyclic amines) is 1. The zero-order chi connectivity index (χ0) is 16.4. The molecule has 1 N–H and O–H groups in total. The zero-order valence-corrected chi connectivity index (χ0v) is 13.8. The topological polar surface area (TPSA) is 66.5 Å². The molecule has 3 saturated carbocycles. The van der Waals surface area contributed by atoms with Crippen LogP contribution >= 0.6 is 0 Å². The molecule has 5 heteroatoms. The third-order valence-corrected chi connectivity index (χ3v) is 7.03. The van der Waals surface area contributed by atoms with Gasteiger partial charge in [0.15, 0.2) is 0 Å². The number of carbonyl (C=O) groups excluding carboxylic acids is 3. The summed E-state index contributed by atoms with van der Waals surface area (Å²) in [6, 6.07) is 0.215. The van der Waals surface area contributed by atoms with Gasteiger partial charge < -0.3 is 5.32 Å². The minimum absolute atomic E-state index is 0.0874. The Morgan fingerprint density at radius 3 is 2.17 bits per heavy atom. The monoisotopic (exact) mass is 328 g/mol. The maximum absolute atomic E-state index is 12.8. The number of hydrogen-bond acceptors (Lipinski definition) is 3. The Labute approximate surface area is 141 Å². The fourth-order valence-electron chi connectivity index (χ4n) is 5.84. The normalized spacial score (nSPS) is 42.9. The van der Waals surface area contributed by atoms with Gasteiger partial charge >= 0.3 is 0 Å². The summed E-state index contributed by atoms with van der Waals surface area (Å²) in [6.45, 7) is -0.0874. The molecule has 5 aliphatic carbocycles. The molecule has 1 aliphatic heterocycles. The summed E-state index contributed by atoms with van der Waals surface area (Å²) >= 11 is 0. The van der Waals surface area contributed by atoms with E-state index in [1.54, 1.807) is 0 Å². The SMILES string of the molecule is O=C(CN1C(=O)[C@@H]2[C@H]3C=C[C@@H]([C@@H]4C[C@H]34)[C@H]2C1=O)NC1CCCCC1. The Kier molecular flexibility index (Phi) is 3.16. The first-order chi connectivity index (χ1) is 11.6. The van der Waals surface area contributed by atoms with Crippen LogP contribution in [0.2, 0.25) is 0 Å². The van der Waals surface area contributed by atoms with Crippen molar-refractivity contribution in [3.63, 3.8) is 0 Å². The fourth-order valence-corrected chi connectivity index (χ4v) is 5.84. The summed E-state index contributed by atoms with van der Waals surface area (Å²) in [6.07, 6.45) is 11.0. The molecule has 0 aromatic heterocycles. The number of imide groups is 1. The van der Waals surface area contributed by atoms with Gasteiger partial charge in [0.1, 0.15) is 6.54 Å². The molecule has 24 heavy (non-hydrogen) atoms. The maximum atomic E-state index is 12.8. The van der Waals surface area contributed by atoms with Gasteiger partial charge in [0.25, 0.3) is 0 Å². The first kappa shape index (κ1) is 14.7. The van der Waals surface area contributed by atoms with Crippen molar-refractivity contribution in [2.24, 2.45) is 35.5 Å². The van der Waals surface area contributed by atoms with Crippen LogP contribution in [-0.4, -0.2) is 35.2 Å². The Morgan fingerprint density at radius 2 is 1.58 bits per heavy atom. The van der Waals surface area contributed by atoms with Gasteiger partial charge in [-0.2, -0.15) is 0 Å². The molecule has 128 valence electrons. The summed E-state index contributed by atoms with van der Waals surface area (Å²) in [5.41, 5.74) is 0. The summed E-state index contributed by atoms with van der Waals surface area (Å²) < 4.78 is 0. The number of hydrogen-bond donors (Lipinski definition) is 1. The molecule has 1 saturated heterocycles. The number of nitrogens with zero attached hydrogens (tertiary/aromatic N) is 1. The van der Waals surface area contributed by atoms with E-state index in [4.69, 9.17) is 0 Å². The van der Waals surface area contributed by atoms with Crippen LogP contribution in [0.5, 0.6) is 0 Å². The van der Waals surface area contributed by atoms with Gasteiger partial charge in [-0.3, -0.25) is 19.3 Å². The number of rotatable bonds is 3. The quantitative estimate of drug-likeness (QED) is 0.630. The van der Waals surface area contributed by atoms with E-state index in [1.807, 2.05) is 0 Å². The van der Waals surface area contributed by atoms with Gasteiger partial charge in [-0.25, -0.2) is 0 Å². The zero-order valence-electron chi connectivity index (χ0n) is 13.8. The lowest BCUT2D eigenvalue weighted by molar-refractivity contribution is -0.144. The highest BCUT2D eigenvalue weighted by Crippen LogP contribution is 2.65. The van der Waals surface area contributed by atoms with Crippen LogP contribution in [-0.2, 0) is 14.4 Å². The van der Waals surface area contributed by atoms with E-state index >= 15 is 0 Å². The average Bonchev–Trinajstić information content (AvgIpc) is 3.37. The van der Waals surface area contributed by atoms with Crippen LogP contribution in [0.15, 0.2) is 12.2 Å². The van der Waals surface area contributed by atoms with Crippen molar-refractivity contribution in [2.75, 3.05) is 6.54 Å². The minimum Gasteiger partial charge on any atom is -0.352 e. The van der Waals surface area contributed by atoms with Crippen molar-refractivity contribution in [3.8, 4) is 0 Å². The minimum atomic E-state index is -0.196. The van der Waals surface area contributed by atoms with Crippen molar-refractivity contribution in [1.29, 1.82) is 0 Å². The number of amides is 3. The molecule has 3 amide bonds. The largest absolute Gasteiger partial charge is 0.352 e. The van der Waals surface area contributed by atoms with Crippen LogP contribution in [0.4, 0.5) is 0 Å². The van der Waals surface area contributed by atoms with E-state index in [2.05, 4.69) is 17.5 Å². The molecule has 6 aliphatic rings. The Bertz CT molecular complexity index is 601. The molecule has 6 atom stereocenters. The second-order valence-electron chi connectivity index (χ2n) is 8.32. The van der Waals surface area contributed by atoms with Crippen LogP contribution in [0, 0.1) is 35.5 Å². The van der Waals surface area contributed by atoms with Crippen LogP contribution < -0.4 is 5.32 Å². The summed E-state index contributed by atoms with van der Waals surface area (Å²) in [5, 5.41) is 3.02. The highest BCUT2D eigenvalue weighted by molar-refractivity contribution is 6.08. The molecular formula is C19H24N2O3. The van der Waals surface area contributed by atoms with Gasteiger partial charge in [0.05, 0.1) is 11.8 Å². The lowest BCUT2D eigenvalue weighted by atomic mass is 9.63. The highest BCUT2D eigenvalue weighted by atomic mass is 16.2. The second-order valence-corrected chi connectivity index (χ2v) is 8.32. The van der Waals surface area contributed by atoms with E-state index in [0.29, 0.717) is 11.8 Å². The van der Waals surface area contributed by atoms with Crippen LogP contribution in [0.1, 0.15) is 38.5 Å². The summed E-state index contributed by atoms with van der Waals surface area (Å²) in [5.74, 6) is 0.899. The lowest BCUT2D eigenvalue weighted by Gasteiger charge is -2.37. The average molecular weight is 328 g/mol. The number of nitrogens with one attached hydrogen (secondary N) is 1. The van der Waals surface area contributed by atoms with Crippen LogP contribution in [0.25, 0.3) is 0 Å². The molecular weight excluding hydrogens is 304 g/mol. The van der Waals surface area contributed by atoms with Crippen LogP contribution in [0.3, 0.4) is 0 Å². The summed E-state index contributed by atoms with van der Waals surface area (Å²) in [4.78, 5) is 39.2. The molecule has 4 fully saturated rings. The molecule has 0 radical (unpaired) electrons. The Hall–Kier alpha value is -1.65. The van der Waals surface area contributed by atoms with Crippen molar-refractivity contribution in [3.05, 3.63) is 12.2 Å². The van der Waals surface area contributed by atoms with E-state index < -0.39 is 0 Å². The van der Waals surface area contributed by atoms with Gasteiger partial charge in [0.2, 0.25) is 17.7 Å². The van der Waals surface area contributed by atoms with Crippen molar-refractivity contribution >= 4 is 17.7 Å². The Morgan fingerprint density at radius 1 is 1.00 bits per heavy atom. The molecule has 0 spiro atoms. The Balaban J connectivity index is 1.29. The highest BCUT2D eigenvalue weighted by Gasteiger charge is 2.67.